The van der Waals surface area contributed by atoms with Gasteiger partial charge in [-0.15, -0.1) is 0 Å². The van der Waals surface area contributed by atoms with Crippen LogP contribution in [-0.4, -0.2) is 53.6 Å². The molecule has 0 radical (unpaired) electrons. The maximum absolute atomic E-state index is 12.8. The summed E-state index contributed by atoms with van der Waals surface area (Å²) >= 11 is 0. The molecule has 1 aromatic heterocycles. The molecule has 2 amide bonds. The van der Waals surface area contributed by atoms with Gasteiger partial charge in [0.2, 0.25) is 5.91 Å². The lowest BCUT2D eigenvalue weighted by Gasteiger charge is -2.39. The molecule has 0 spiro atoms. The van der Waals surface area contributed by atoms with E-state index < -0.39 is 0 Å². The maximum Gasteiger partial charge on any atom is 0.273 e. The Labute approximate surface area is 166 Å². The lowest BCUT2D eigenvalue weighted by Crippen LogP contribution is -2.51. The summed E-state index contributed by atoms with van der Waals surface area (Å²) in [5.41, 5.74) is 0.368. The normalized spacial score (nSPS) is 30.9. The number of nitrogens with zero attached hydrogens (tertiary/aromatic N) is 2. The van der Waals surface area contributed by atoms with Crippen LogP contribution in [0, 0.1) is 11.8 Å². The van der Waals surface area contributed by atoms with Gasteiger partial charge in [0.1, 0.15) is 5.76 Å². The van der Waals surface area contributed by atoms with Crippen LogP contribution in [0.4, 0.5) is 0 Å². The van der Waals surface area contributed by atoms with E-state index in [4.69, 9.17) is 4.52 Å². The molecule has 7 nitrogen and oxygen atoms in total. The van der Waals surface area contributed by atoms with Crippen LogP contribution in [0.5, 0.6) is 0 Å². The van der Waals surface area contributed by atoms with E-state index in [1.807, 2.05) is 4.90 Å². The average molecular weight is 389 g/mol. The first-order chi connectivity index (χ1) is 13.5. The van der Waals surface area contributed by atoms with Gasteiger partial charge in [0.25, 0.3) is 5.91 Å². The van der Waals surface area contributed by atoms with E-state index >= 15 is 0 Å². The molecule has 4 rings (SSSR count). The topological polar surface area (TPSA) is 87.5 Å². The Kier molecular flexibility index (Phi) is 5.71. The number of carbonyl (C=O) groups is 2. The van der Waals surface area contributed by atoms with Crippen LogP contribution in [0.1, 0.15) is 74.5 Å². The predicted molar refractivity (Wildman–Crippen MR) is 105 cm³/mol. The van der Waals surface area contributed by atoms with Gasteiger partial charge in [-0.2, -0.15) is 0 Å². The molecule has 3 unspecified atom stereocenters. The van der Waals surface area contributed by atoms with Crippen molar-refractivity contribution in [3.63, 3.8) is 0 Å². The quantitative estimate of drug-likeness (QED) is 0.808. The molecule has 28 heavy (non-hydrogen) atoms. The molecule has 0 aromatic carbocycles. The number of hydrogen-bond donors (Lipinski definition) is 2. The third-order valence-corrected chi connectivity index (χ3v) is 6.67. The zero-order chi connectivity index (χ0) is 19.7. The van der Waals surface area contributed by atoms with Crippen molar-refractivity contribution < 1.29 is 14.1 Å². The van der Waals surface area contributed by atoms with E-state index in [1.54, 1.807) is 6.07 Å². The first-order valence-electron chi connectivity index (χ1n) is 10.8. The number of nitrogens with one attached hydrogen (secondary N) is 2. The second-order valence-corrected chi connectivity index (χ2v) is 8.95. The largest absolute Gasteiger partial charge is 0.360 e. The number of hydrogen-bond acceptors (Lipinski definition) is 5. The Morgan fingerprint density at radius 3 is 2.82 bits per heavy atom. The number of amides is 2. The lowest BCUT2D eigenvalue weighted by molar-refractivity contribution is -0.136. The van der Waals surface area contributed by atoms with E-state index in [0.29, 0.717) is 36.4 Å². The van der Waals surface area contributed by atoms with Gasteiger partial charge in [-0.3, -0.25) is 9.59 Å². The molecular weight excluding hydrogens is 356 g/mol. The summed E-state index contributed by atoms with van der Waals surface area (Å²) in [6, 6.07) is 1.99. The zero-order valence-electron chi connectivity index (χ0n) is 16.9. The number of rotatable bonds is 5. The minimum Gasteiger partial charge on any atom is -0.360 e. The smallest absolute Gasteiger partial charge is 0.273 e. The van der Waals surface area contributed by atoms with Crippen molar-refractivity contribution in [3.05, 3.63) is 17.5 Å². The molecule has 1 saturated carbocycles. The van der Waals surface area contributed by atoms with Gasteiger partial charge in [0, 0.05) is 37.0 Å². The first kappa shape index (κ1) is 19.4. The summed E-state index contributed by atoms with van der Waals surface area (Å²) in [4.78, 5) is 27.3. The lowest BCUT2D eigenvalue weighted by atomic mass is 9.84. The van der Waals surface area contributed by atoms with E-state index in [0.717, 1.165) is 51.0 Å². The van der Waals surface area contributed by atoms with Crippen molar-refractivity contribution in [2.75, 3.05) is 19.6 Å². The van der Waals surface area contributed by atoms with E-state index in [9.17, 15) is 9.59 Å². The molecule has 0 bridgehead atoms. The number of aromatic nitrogens is 1. The van der Waals surface area contributed by atoms with Crippen molar-refractivity contribution in [1.29, 1.82) is 0 Å². The molecule has 3 aliphatic rings. The fourth-order valence-electron chi connectivity index (χ4n) is 4.60. The van der Waals surface area contributed by atoms with Gasteiger partial charge < -0.3 is 20.1 Å². The highest BCUT2D eigenvalue weighted by Crippen LogP contribution is 2.40. The second-order valence-electron chi connectivity index (χ2n) is 8.95. The van der Waals surface area contributed by atoms with Gasteiger partial charge in [-0.1, -0.05) is 12.1 Å². The van der Waals surface area contributed by atoms with Crippen LogP contribution < -0.4 is 10.6 Å². The Hall–Kier alpha value is -1.89. The Morgan fingerprint density at radius 1 is 1.29 bits per heavy atom. The SMILES string of the molecule is CC1CNCCC1CC(=O)N1CCC(NC(=O)c2cc(C3CC3)on2)C[C@@H]1C. The summed E-state index contributed by atoms with van der Waals surface area (Å²) in [5, 5.41) is 10.4. The average Bonchev–Trinajstić information content (AvgIpc) is 3.40. The van der Waals surface area contributed by atoms with E-state index in [2.05, 4.69) is 29.6 Å². The molecule has 2 saturated heterocycles. The predicted octanol–water partition coefficient (Wildman–Crippen LogP) is 2.30. The zero-order valence-corrected chi connectivity index (χ0v) is 16.9. The van der Waals surface area contributed by atoms with Crippen molar-refractivity contribution in [1.82, 2.24) is 20.7 Å². The highest BCUT2D eigenvalue weighted by molar-refractivity contribution is 5.92. The number of carbonyl (C=O) groups excluding carboxylic acids is 2. The molecule has 1 aliphatic carbocycles. The Bertz CT molecular complexity index is 714. The van der Waals surface area contributed by atoms with E-state index in [-0.39, 0.29) is 23.9 Å². The summed E-state index contributed by atoms with van der Waals surface area (Å²) in [5.74, 6) is 2.40. The molecule has 3 fully saturated rings. The molecule has 4 atom stereocenters. The monoisotopic (exact) mass is 388 g/mol. The highest BCUT2D eigenvalue weighted by Gasteiger charge is 2.33. The van der Waals surface area contributed by atoms with Crippen LogP contribution in [0.25, 0.3) is 0 Å². The van der Waals surface area contributed by atoms with Gasteiger partial charge in [-0.25, -0.2) is 0 Å². The van der Waals surface area contributed by atoms with Gasteiger partial charge in [0.15, 0.2) is 5.69 Å². The minimum absolute atomic E-state index is 0.0745. The van der Waals surface area contributed by atoms with Crippen molar-refractivity contribution in [2.45, 2.75) is 70.4 Å². The molecule has 154 valence electrons. The minimum atomic E-state index is -0.170. The Balaban J connectivity index is 1.27. The fraction of sp³-hybridized carbons (Fsp3) is 0.762. The third kappa shape index (κ3) is 4.40. The first-order valence-corrected chi connectivity index (χ1v) is 10.8. The number of likely N-dealkylation sites (tertiary alicyclic amines) is 1. The molecular formula is C21H32N4O3. The van der Waals surface area contributed by atoms with Gasteiger partial charge in [0.05, 0.1) is 0 Å². The third-order valence-electron chi connectivity index (χ3n) is 6.67. The highest BCUT2D eigenvalue weighted by atomic mass is 16.5. The molecule has 1 aromatic rings. The Morgan fingerprint density at radius 2 is 2.11 bits per heavy atom. The fourth-order valence-corrected chi connectivity index (χ4v) is 4.60. The molecule has 2 N–H and O–H groups in total. The summed E-state index contributed by atoms with van der Waals surface area (Å²) in [6.07, 6.45) is 5.54. The summed E-state index contributed by atoms with van der Waals surface area (Å²) < 4.78 is 5.28. The van der Waals surface area contributed by atoms with Crippen molar-refractivity contribution in [3.8, 4) is 0 Å². The van der Waals surface area contributed by atoms with Crippen LogP contribution in [0.2, 0.25) is 0 Å². The van der Waals surface area contributed by atoms with Crippen LogP contribution >= 0.6 is 0 Å². The van der Waals surface area contributed by atoms with Gasteiger partial charge >= 0.3 is 0 Å². The molecule has 2 aliphatic heterocycles. The second kappa shape index (κ2) is 8.23. The summed E-state index contributed by atoms with van der Waals surface area (Å²) in [7, 11) is 0. The van der Waals surface area contributed by atoms with Crippen LogP contribution in [0.15, 0.2) is 10.6 Å². The molecule has 3 heterocycles. The maximum atomic E-state index is 12.8. The van der Waals surface area contributed by atoms with Crippen LogP contribution in [-0.2, 0) is 4.79 Å². The summed E-state index contributed by atoms with van der Waals surface area (Å²) in [6.45, 7) is 7.04. The van der Waals surface area contributed by atoms with Crippen molar-refractivity contribution >= 4 is 11.8 Å². The number of piperidine rings is 2. The van der Waals surface area contributed by atoms with Crippen molar-refractivity contribution in [2.24, 2.45) is 11.8 Å². The van der Waals surface area contributed by atoms with Gasteiger partial charge in [-0.05, 0) is 64.0 Å². The molecule has 7 heteroatoms. The standard InChI is InChI=1S/C21H32N4O3/c1-13-12-22-7-5-16(13)10-20(26)25-8-6-17(9-14(25)2)23-21(27)18-11-19(28-24-18)15-3-4-15/h11,13-17,22H,3-10,12H2,1-2H3,(H,23,27)/t13?,14-,16?,17?/m0/s1. The van der Waals surface area contributed by atoms with Crippen LogP contribution in [0.3, 0.4) is 0 Å². The van der Waals surface area contributed by atoms with E-state index in [1.165, 1.54) is 0 Å².